The Balaban J connectivity index is 1.98. The SMILES string of the molecule is CC1CCCC2(C)C3CCC=CC3=CCC12. The Morgan fingerprint density at radius 3 is 3.06 bits per heavy atom. The predicted molar refractivity (Wildman–Crippen MR) is 69.2 cm³/mol. The predicted octanol–water partition coefficient (Wildman–Crippen LogP) is 4.73. The summed E-state index contributed by atoms with van der Waals surface area (Å²) in [5, 5.41) is 0. The van der Waals surface area contributed by atoms with Gasteiger partial charge in [0.15, 0.2) is 0 Å². The molecule has 4 unspecified atom stereocenters. The zero-order valence-corrected chi connectivity index (χ0v) is 10.7. The third-order valence-electron chi connectivity index (χ3n) is 5.65. The highest BCUT2D eigenvalue weighted by atomic mass is 14.5. The van der Waals surface area contributed by atoms with Gasteiger partial charge >= 0.3 is 0 Å². The second kappa shape index (κ2) is 3.75. The molecule has 0 aromatic rings. The largest absolute Gasteiger partial charge is 0.0842 e. The molecule has 0 aliphatic heterocycles. The average molecular weight is 216 g/mol. The fraction of sp³-hybridized carbons (Fsp3) is 0.750. The molecule has 0 N–H and O–H groups in total. The van der Waals surface area contributed by atoms with Gasteiger partial charge in [0.2, 0.25) is 0 Å². The second-order valence-electron chi connectivity index (χ2n) is 6.45. The third kappa shape index (κ3) is 1.42. The molecule has 0 radical (unpaired) electrons. The summed E-state index contributed by atoms with van der Waals surface area (Å²) in [6.45, 7) is 5.07. The maximum Gasteiger partial charge on any atom is -0.0105 e. The van der Waals surface area contributed by atoms with Crippen LogP contribution in [0.2, 0.25) is 0 Å². The molecule has 0 amide bonds. The lowest BCUT2D eigenvalue weighted by molar-refractivity contribution is 0.0117. The van der Waals surface area contributed by atoms with Crippen LogP contribution in [0, 0.1) is 23.2 Å². The van der Waals surface area contributed by atoms with Crippen LogP contribution in [0.1, 0.15) is 52.4 Å². The molecule has 16 heavy (non-hydrogen) atoms. The molecule has 3 aliphatic carbocycles. The van der Waals surface area contributed by atoms with Crippen LogP contribution in [-0.2, 0) is 0 Å². The Bertz CT molecular complexity index is 336. The maximum atomic E-state index is 2.59. The molecule has 0 nitrogen and oxygen atoms in total. The van der Waals surface area contributed by atoms with Crippen molar-refractivity contribution in [1.82, 2.24) is 0 Å². The first-order valence-electron chi connectivity index (χ1n) is 7.08. The summed E-state index contributed by atoms with van der Waals surface area (Å²) in [7, 11) is 0. The van der Waals surface area contributed by atoms with Gasteiger partial charge in [-0.15, -0.1) is 0 Å². The topological polar surface area (TPSA) is 0 Å². The third-order valence-corrected chi connectivity index (χ3v) is 5.65. The molecule has 0 heterocycles. The minimum absolute atomic E-state index is 0.618. The summed E-state index contributed by atoms with van der Waals surface area (Å²) in [6.07, 6.45) is 15.8. The minimum atomic E-state index is 0.618. The Labute approximate surface area is 99.8 Å². The van der Waals surface area contributed by atoms with E-state index in [1.807, 2.05) is 0 Å². The first kappa shape index (κ1) is 10.6. The zero-order chi connectivity index (χ0) is 11.2. The minimum Gasteiger partial charge on any atom is -0.0842 e. The number of fused-ring (bicyclic) bond motifs is 3. The van der Waals surface area contributed by atoms with Crippen molar-refractivity contribution in [2.45, 2.75) is 52.4 Å². The van der Waals surface area contributed by atoms with E-state index in [2.05, 4.69) is 32.1 Å². The first-order chi connectivity index (χ1) is 7.72. The Hall–Kier alpha value is -0.520. The summed E-state index contributed by atoms with van der Waals surface area (Å²) < 4.78 is 0. The van der Waals surface area contributed by atoms with Gasteiger partial charge in [-0.25, -0.2) is 0 Å². The molecule has 0 heteroatoms. The molecule has 0 aromatic heterocycles. The molecular weight excluding hydrogens is 192 g/mol. The number of hydrogen-bond donors (Lipinski definition) is 0. The van der Waals surface area contributed by atoms with E-state index in [9.17, 15) is 0 Å². The fourth-order valence-electron chi connectivity index (χ4n) is 4.72. The van der Waals surface area contributed by atoms with Crippen LogP contribution >= 0.6 is 0 Å². The molecule has 1 fully saturated rings. The van der Waals surface area contributed by atoms with Crippen LogP contribution in [0.25, 0.3) is 0 Å². The number of allylic oxidation sites excluding steroid dienone is 4. The standard InChI is InChI=1S/C16H24/c1-12-6-5-11-16(2)14(12)10-9-13-7-3-4-8-15(13)16/h3,7,9,12,14-15H,4-6,8,10-11H2,1-2H3. The van der Waals surface area contributed by atoms with Crippen molar-refractivity contribution < 1.29 is 0 Å². The van der Waals surface area contributed by atoms with Crippen molar-refractivity contribution in [3.05, 3.63) is 23.8 Å². The van der Waals surface area contributed by atoms with Gasteiger partial charge in [-0.3, -0.25) is 0 Å². The van der Waals surface area contributed by atoms with Gasteiger partial charge in [0.25, 0.3) is 0 Å². The van der Waals surface area contributed by atoms with Crippen LogP contribution in [0.5, 0.6) is 0 Å². The van der Waals surface area contributed by atoms with E-state index >= 15 is 0 Å². The van der Waals surface area contributed by atoms with Gasteiger partial charge in [-0.2, -0.15) is 0 Å². The van der Waals surface area contributed by atoms with Crippen LogP contribution in [0.4, 0.5) is 0 Å². The van der Waals surface area contributed by atoms with Crippen molar-refractivity contribution in [3.63, 3.8) is 0 Å². The van der Waals surface area contributed by atoms with Gasteiger partial charge in [-0.1, -0.05) is 44.9 Å². The van der Waals surface area contributed by atoms with Crippen molar-refractivity contribution in [3.8, 4) is 0 Å². The van der Waals surface area contributed by atoms with E-state index in [1.165, 1.54) is 38.5 Å². The van der Waals surface area contributed by atoms with Crippen molar-refractivity contribution in [2.75, 3.05) is 0 Å². The molecule has 3 rings (SSSR count). The lowest BCUT2D eigenvalue weighted by atomic mass is 9.51. The monoisotopic (exact) mass is 216 g/mol. The normalized spacial score (nSPS) is 46.9. The van der Waals surface area contributed by atoms with Crippen LogP contribution in [0.15, 0.2) is 23.8 Å². The molecule has 4 atom stereocenters. The molecule has 0 bridgehead atoms. The van der Waals surface area contributed by atoms with Gasteiger partial charge in [0.1, 0.15) is 0 Å². The number of hydrogen-bond acceptors (Lipinski definition) is 0. The van der Waals surface area contributed by atoms with Crippen molar-refractivity contribution in [1.29, 1.82) is 0 Å². The van der Waals surface area contributed by atoms with E-state index in [1.54, 1.807) is 5.57 Å². The van der Waals surface area contributed by atoms with Gasteiger partial charge in [0.05, 0.1) is 0 Å². The highest BCUT2D eigenvalue weighted by molar-refractivity contribution is 5.30. The molecule has 3 aliphatic rings. The van der Waals surface area contributed by atoms with E-state index in [-0.39, 0.29) is 0 Å². The van der Waals surface area contributed by atoms with E-state index in [0.29, 0.717) is 5.41 Å². The molecule has 0 saturated heterocycles. The summed E-state index contributed by atoms with van der Waals surface area (Å²) in [4.78, 5) is 0. The van der Waals surface area contributed by atoms with Crippen molar-refractivity contribution in [2.24, 2.45) is 23.2 Å². The maximum absolute atomic E-state index is 2.59. The van der Waals surface area contributed by atoms with Gasteiger partial charge in [-0.05, 0) is 54.4 Å². The Morgan fingerprint density at radius 2 is 2.19 bits per heavy atom. The van der Waals surface area contributed by atoms with Crippen LogP contribution in [-0.4, -0.2) is 0 Å². The Kier molecular flexibility index (Phi) is 2.49. The highest BCUT2D eigenvalue weighted by Crippen LogP contribution is 2.57. The summed E-state index contributed by atoms with van der Waals surface area (Å²) >= 11 is 0. The molecular formula is C16H24. The average Bonchev–Trinajstić information content (AvgIpc) is 2.29. The summed E-state index contributed by atoms with van der Waals surface area (Å²) in [5.74, 6) is 2.78. The molecule has 0 spiro atoms. The van der Waals surface area contributed by atoms with E-state index in [4.69, 9.17) is 0 Å². The van der Waals surface area contributed by atoms with Crippen LogP contribution in [0.3, 0.4) is 0 Å². The van der Waals surface area contributed by atoms with E-state index < -0.39 is 0 Å². The Morgan fingerprint density at radius 1 is 1.31 bits per heavy atom. The van der Waals surface area contributed by atoms with Gasteiger partial charge < -0.3 is 0 Å². The number of rotatable bonds is 0. The first-order valence-corrected chi connectivity index (χ1v) is 7.08. The highest BCUT2D eigenvalue weighted by Gasteiger charge is 2.47. The van der Waals surface area contributed by atoms with E-state index in [0.717, 1.165) is 17.8 Å². The van der Waals surface area contributed by atoms with Crippen molar-refractivity contribution >= 4 is 0 Å². The zero-order valence-electron chi connectivity index (χ0n) is 10.7. The molecule has 88 valence electrons. The lowest BCUT2D eigenvalue weighted by Crippen LogP contribution is -2.44. The fourth-order valence-corrected chi connectivity index (χ4v) is 4.72. The molecule has 0 aromatic carbocycles. The second-order valence-corrected chi connectivity index (χ2v) is 6.45. The smallest absolute Gasteiger partial charge is 0.0105 e. The lowest BCUT2D eigenvalue weighted by Gasteiger charge is -2.53. The molecule has 1 saturated carbocycles. The summed E-state index contributed by atoms with van der Waals surface area (Å²) in [6, 6.07) is 0. The quantitative estimate of drug-likeness (QED) is 0.549. The van der Waals surface area contributed by atoms with Crippen LogP contribution < -0.4 is 0 Å². The summed E-state index contributed by atoms with van der Waals surface area (Å²) in [5.41, 5.74) is 2.28. The van der Waals surface area contributed by atoms with Gasteiger partial charge in [0, 0.05) is 0 Å².